The largest absolute Gasteiger partial charge is 0.376 e. The average Bonchev–Trinajstić information content (AvgIpc) is 3.21. The van der Waals surface area contributed by atoms with Gasteiger partial charge in [0, 0.05) is 31.1 Å². The maximum absolute atomic E-state index is 12.9. The Morgan fingerprint density at radius 3 is 2.52 bits per heavy atom. The SMILES string of the molecule is CN(CC1CCCO1)C(=O)c1ccccc1SCC(=O)NC1CCCCCCC1. The molecule has 6 heteroatoms. The normalized spacial score (nSPS) is 20.7. The van der Waals surface area contributed by atoms with Crippen molar-refractivity contribution in [1.29, 1.82) is 0 Å². The molecule has 29 heavy (non-hydrogen) atoms. The molecule has 3 rings (SSSR count). The fourth-order valence-corrected chi connectivity index (χ4v) is 5.02. The smallest absolute Gasteiger partial charge is 0.254 e. The van der Waals surface area contributed by atoms with Crippen LogP contribution in [0.1, 0.15) is 68.1 Å². The number of hydrogen-bond acceptors (Lipinski definition) is 4. The Balaban J connectivity index is 1.52. The van der Waals surface area contributed by atoms with Gasteiger partial charge < -0.3 is 15.0 Å². The number of likely N-dealkylation sites (N-methyl/N-ethyl adjacent to an activating group) is 1. The van der Waals surface area contributed by atoms with E-state index in [2.05, 4.69) is 5.32 Å². The van der Waals surface area contributed by atoms with E-state index < -0.39 is 0 Å². The monoisotopic (exact) mass is 418 g/mol. The highest BCUT2D eigenvalue weighted by Gasteiger charge is 2.22. The molecule has 2 amide bonds. The molecule has 1 aromatic carbocycles. The fraction of sp³-hybridized carbons (Fsp3) is 0.652. The maximum atomic E-state index is 12.9. The van der Waals surface area contributed by atoms with Crippen LogP contribution in [0, 0.1) is 0 Å². The topological polar surface area (TPSA) is 58.6 Å². The van der Waals surface area contributed by atoms with Crippen molar-refractivity contribution in [2.75, 3.05) is 26.0 Å². The molecule has 1 saturated heterocycles. The van der Waals surface area contributed by atoms with Gasteiger partial charge in [-0.1, -0.05) is 44.2 Å². The molecule has 1 unspecified atom stereocenters. The third-order valence-corrected chi connectivity index (χ3v) is 6.87. The number of thioether (sulfide) groups is 1. The molecule has 1 aliphatic carbocycles. The first-order valence-corrected chi connectivity index (χ1v) is 12.0. The lowest BCUT2D eigenvalue weighted by molar-refractivity contribution is -0.119. The van der Waals surface area contributed by atoms with E-state index in [9.17, 15) is 9.59 Å². The fourth-order valence-electron chi connectivity index (χ4n) is 4.16. The van der Waals surface area contributed by atoms with Crippen molar-refractivity contribution in [3.8, 4) is 0 Å². The summed E-state index contributed by atoms with van der Waals surface area (Å²) < 4.78 is 5.66. The summed E-state index contributed by atoms with van der Waals surface area (Å²) in [6.07, 6.45) is 10.6. The zero-order valence-corrected chi connectivity index (χ0v) is 18.3. The molecule has 1 aliphatic heterocycles. The van der Waals surface area contributed by atoms with Crippen molar-refractivity contribution >= 4 is 23.6 Å². The second-order valence-electron chi connectivity index (χ2n) is 8.22. The molecular weight excluding hydrogens is 384 g/mol. The van der Waals surface area contributed by atoms with Crippen LogP contribution >= 0.6 is 11.8 Å². The molecule has 0 radical (unpaired) electrons. The van der Waals surface area contributed by atoms with E-state index in [-0.39, 0.29) is 17.9 Å². The van der Waals surface area contributed by atoms with E-state index in [0.717, 1.165) is 37.2 Å². The van der Waals surface area contributed by atoms with Crippen LogP contribution in [0.3, 0.4) is 0 Å². The maximum Gasteiger partial charge on any atom is 0.254 e. The highest BCUT2D eigenvalue weighted by molar-refractivity contribution is 8.00. The Bertz CT molecular complexity index is 668. The third-order valence-electron chi connectivity index (χ3n) is 5.79. The van der Waals surface area contributed by atoms with E-state index in [1.54, 1.807) is 4.90 Å². The summed E-state index contributed by atoms with van der Waals surface area (Å²) in [5.74, 6) is 0.399. The summed E-state index contributed by atoms with van der Waals surface area (Å²) in [7, 11) is 1.83. The van der Waals surface area contributed by atoms with E-state index in [0.29, 0.717) is 23.9 Å². The van der Waals surface area contributed by atoms with Crippen LogP contribution in [-0.2, 0) is 9.53 Å². The van der Waals surface area contributed by atoms with Gasteiger partial charge in [0.1, 0.15) is 0 Å². The Kier molecular flexibility index (Phi) is 8.87. The van der Waals surface area contributed by atoms with Crippen molar-refractivity contribution in [1.82, 2.24) is 10.2 Å². The van der Waals surface area contributed by atoms with Gasteiger partial charge in [0.15, 0.2) is 0 Å². The number of rotatable bonds is 7. The molecule has 0 bridgehead atoms. The lowest BCUT2D eigenvalue weighted by atomic mass is 9.97. The minimum atomic E-state index is -0.0102. The Morgan fingerprint density at radius 1 is 1.07 bits per heavy atom. The second-order valence-corrected chi connectivity index (χ2v) is 9.23. The van der Waals surface area contributed by atoms with E-state index in [1.165, 1.54) is 43.9 Å². The highest BCUT2D eigenvalue weighted by Crippen LogP contribution is 2.25. The minimum Gasteiger partial charge on any atom is -0.376 e. The zero-order chi connectivity index (χ0) is 20.5. The van der Waals surface area contributed by atoms with Crippen LogP contribution in [0.15, 0.2) is 29.2 Å². The lowest BCUT2D eigenvalue weighted by Gasteiger charge is -2.22. The first-order chi connectivity index (χ1) is 14.1. The van der Waals surface area contributed by atoms with Gasteiger partial charge >= 0.3 is 0 Å². The molecular formula is C23H34N2O3S. The summed E-state index contributed by atoms with van der Waals surface area (Å²) in [6, 6.07) is 7.89. The third kappa shape index (κ3) is 7.03. The highest BCUT2D eigenvalue weighted by atomic mass is 32.2. The molecule has 1 saturated carbocycles. The van der Waals surface area contributed by atoms with Gasteiger partial charge in [-0.3, -0.25) is 9.59 Å². The Hall–Kier alpha value is -1.53. The molecule has 2 fully saturated rings. The van der Waals surface area contributed by atoms with E-state index in [1.807, 2.05) is 31.3 Å². The van der Waals surface area contributed by atoms with Crippen molar-refractivity contribution in [2.45, 2.75) is 74.8 Å². The van der Waals surface area contributed by atoms with Crippen LogP contribution in [0.4, 0.5) is 0 Å². The van der Waals surface area contributed by atoms with E-state index >= 15 is 0 Å². The van der Waals surface area contributed by atoms with Crippen LogP contribution in [0.2, 0.25) is 0 Å². The van der Waals surface area contributed by atoms with Crippen LogP contribution in [0.25, 0.3) is 0 Å². The zero-order valence-electron chi connectivity index (χ0n) is 17.5. The second kappa shape index (κ2) is 11.6. The van der Waals surface area contributed by atoms with Gasteiger partial charge in [0.05, 0.1) is 17.4 Å². The molecule has 1 N–H and O–H groups in total. The number of nitrogens with one attached hydrogen (secondary N) is 1. The van der Waals surface area contributed by atoms with Gasteiger partial charge in [-0.15, -0.1) is 11.8 Å². The van der Waals surface area contributed by atoms with Gasteiger partial charge in [-0.05, 0) is 37.8 Å². The number of ether oxygens (including phenoxy) is 1. The van der Waals surface area contributed by atoms with E-state index in [4.69, 9.17) is 4.74 Å². The Labute approximate surface area is 178 Å². The van der Waals surface area contributed by atoms with Gasteiger partial charge in [0.25, 0.3) is 5.91 Å². The molecule has 1 heterocycles. The molecule has 0 spiro atoms. The quantitative estimate of drug-likeness (QED) is 0.672. The van der Waals surface area contributed by atoms with Crippen molar-refractivity contribution in [3.63, 3.8) is 0 Å². The summed E-state index contributed by atoms with van der Waals surface area (Å²) >= 11 is 1.45. The minimum absolute atomic E-state index is 0.0102. The number of carbonyl (C=O) groups is 2. The average molecular weight is 419 g/mol. The summed E-state index contributed by atoms with van der Waals surface area (Å²) in [5.41, 5.74) is 0.664. The molecule has 0 aromatic heterocycles. The number of nitrogens with zero attached hydrogens (tertiary/aromatic N) is 1. The van der Waals surface area contributed by atoms with Gasteiger partial charge in [0.2, 0.25) is 5.91 Å². The predicted octanol–water partition coefficient (Wildman–Crippen LogP) is 4.26. The van der Waals surface area contributed by atoms with Crippen LogP contribution in [-0.4, -0.2) is 54.8 Å². The molecule has 1 aromatic rings. The summed E-state index contributed by atoms with van der Waals surface area (Å²) in [5, 5.41) is 3.20. The summed E-state index contributed by atoms with van der Waals surface area (Å²) in [6.45, 7) is 1.40. The van der Waals surface area contributed by atoms with Gasteiger partial charge in [-0.25, -0.2) is 0 Å². The van der Waals surface area contributed by atoms with Crippen LogP contribution < -0.4 is 5.32 Å². The standard InChI is InChI=1S/C23H34N2O3S/c1-25(16-19-12-9-15-28-19)23(27)20-13-7-8-14-21(20)29-17-22(26)24-18-10-5-3-2-4-6-11-18/h7-8,13-14,18-19H,2-6,9-12,15-17H2,1H3,(H,24,26). The van der Waals surface area contributed by atoms with Crippen molar-refractivity contribution < 1.29 is 14.3 Å². The molecule has 2 aliphatic rings. The molecule has 1 atom stereocenters. The molecule has 160 valence electrons. The number of benzene rings is 1. The number of hydrogen-bond donors (Lipinski definition) is 1. The number of carbonyl (C=O) groups excluding carboxylic acids is 2. The first kappa shape index (κ1) is 22.2. The lowest BCUT2D eigenvalue weighted by Crippen LogP contribution is -2.36. The molecule has 5 nitrogen and oxygen atoms in total. The van der Waals surface area contributed by atoms with Crippen molar-refractivity contribution in [3.05, 3.63) is 29.8 Å². The first-order valence-electron chi connectivity index (χ1n) is 11.0. The predicted molar refractivity (Wildman–Crippen MR) is 117 cm³/mol. The van der Waals surface area contributed by atoms with Gasteiger partial charge in [-0.2, -0.15) is 0 Å². The number of amides is 2. The van der Waals surface area contributed by atoms with Crippen LogP contribution in [0.5, 0.6) is 0 Å². The summed E-state index contributed by atoms with van der Waals surface area (Å²) in [4.78, 5) is 28.0. The van der Waals surface area contributed by atoms with Crippen molar-refractivity contribution in [2.24, 2.45) is 0 Å². The Morgan fingerprint density at radius 2 is 1.79 bits per heavy atom.